The molecule has 4 heterocycles. The number of piperazine rings is 1. The molecule has 1 fully saturated rings. The number of hydrogen-bond acceptors (Lipinski definition) is 6. The van der Waals surface area contributed by atoms with Crippen molar-refractivity contribution in [1.82, 2.24) is 24.3 Å². The molecule has 0 bridgehead atoms. The molecule has 4 aromatic rings. The molecule has 3 aromatic heterocycles. The third-order valence-corrected chi connectivity index (χ3v) is 6.31. The fourth-order valence-corrected chi connectivity index (χ4v) is 4.43. The van der Waals surface area contributed by atoms with E-state index in [9.17, 15) is 22.4 Å². The van der Waals surface area contributed by atoms with Crippen molar-refractivity contribution in [2.75, 3.05) is 42.9 Å². The number of nitrogens with zero attached hydrogens (tertiary/aromatic N) is 6. The van der Waals surface area contributed by atoms with Crippen LogP contribution in [0.5, 0.6) is 0 Å². The Balaban J connectivity index is 1.26. The van der Waals surface area contributed by atoms with Crippen LogP contribution in [0.25, 0.3) is 16.9 Å². The molecule has 1 amide bonds. The van der Waals surface area contributed by atoms with Gasteiger partial charge in [-0.25, -0.2) is 14.4 Å². The van der Waals surface area contributed by atoms with Crippen molar-refractivity contribution in [2.45, 2.75) is 6.18 Å². The maximum atomic E-state index is 13.4. The number of carbonyl (C=O) groups is 1. The molecule has 0 radical (unpaired) electrons. The lowest BCUT2D eigenvalue weighted by Gasteiger charge is -2.36. The first-order valence-electron chi connectivity index (χ1n) is 11.3. The highest BCUT2D eigenvalue weighted by Gasteiger charge is 2.32. The first-order chi connectivity index (χ1) is 17.7. The second-order valence-electron chi connectivity index (χ2n) is 8.37. The summed E-state index contributed by atoms with van der Waals surface area (Å²) in [4.78, 5) is 28.9. The molecule has 192 valence electrons. The Morgan fingerprint density at radius 2 is 1.81 bits per heavy atom. The zero-order valence-electron chi connectivity index (χ0n) is 19.2. The highest BCUT2D eigenvalue weighted by atomic mass is 35.5. The van der Waals surface area contributed by atoms with Crippen LogP contribution in [0, 0.1) is 5.82 Å². The standard InChI is InChI=1S/C24H20ClF4N7O/c25-18-11-16(24(27,28)29)12-31-22(18)35-9-7-34(8-10-35)20(37)14-32-23-21(15-1-3-17(26)4-2-15)33-19-13-30-5-6-36(19)23/h1-6,11-13,32H,7-10,14H2. The number of carbonyl (C=O) groups excluding carboxylic acids is 1. The topological polar surface area (TPSA) is 78.7 Å². The summed E-state index contributed by atoms with van der Waals surface area (Å²) in [5.41, 5.74) is 0.874. The average molecular weight is 534 g/mol. The van der Waals surface area contributed by atoms with Gasteiger partial charge in [0.2, 0.25) is 5.91 Å². The maximum absolute atomic E-state index is 13.4. The number of imidazole rings is 1. The van der Waals surface area contributed by atoms with Gasteiger partial charge in [0.1, 0.15) is 23.1 Å². The minimum absolute atomic E-state index is 0.0242. The van der Waals surface area contributed by atoms with Gasteiger partial charge >= 0.3 is 6.18 Å². The van der Waals surface area contributed by atoms with Crippen LogP contribution in [0.3, 0.4) is 0 Å². The fraction of sp³-hybridized carbons (Fsp3) is 0.250. The molecular formula is C24H20ClF4N7O. The van der Waals surface area contributed by atoms with E-state index in [2.05, 4.69) is 20.3 Å². The maximum Gasteiger partial charge on any atom is 0.417 e. The molecule has 1 aliphatic heterocycles. The Morgan fingerprint density at radius 1 is 1.08 bits per heavy atom. The van der Waals surface area contributed by atoms with Gasteiger partial charge < -0.3 is 15.1 Å². The molecule has 1 aliphatic rings. The molecule has 1 aromatic carbocycles. The van der Waals surface area contributed by atoms with Crippen molar-refractivity contribution >= 4 is 34.8 Å². The molecule has 5 rings (SSSR count). The number of rotatable bonds is 5. The lowest BCUT2D eigenvalue weighted by Crippen LogP contribution is -2.50. The molecule has 1 saturated heterocycles. The van der Waals surface area contributed by atoms with Crippen LogP contribution in [0.2, 0.25) is 5.02 Å². The number of aromatic nitrogens is 4. The van der Waals surface area contributed by atoms with Gasteiger partial charge in [-0.05, 0) is 30.3 Å². The fourth-order valence-electron chi connectivity index (χ4n) is 4.14. The summed E-state index contributed by atoms with van der Waals surface area (Å²) >= 11 is 6.07. The molecule has 13 heteroatoms. The lowest BCUT2D eigenvalue weighted by molar-refractivity contribution is -0.137. The minimum atomic E-state index is -4.53. The summed E-state index contributed by atoms with van der Waals surface area (Å²) in [6.07, 6.45) is 1.12. The summed E-state index contributed by atoms with van der Waals surface area (Å²) in [6.45, 7) is 1.41. The highest BCUT2D eigenvalue weighted by Crippen LogP contribution is 2.34. The number of amides is 1. The smallest absolute Gasteiger partial charge is 0.360 e. The summed E-state index contributed by atoms with van der Waals surface area (Å²) in [5, 5.41) is 3.06. The zero-order chi connectivity index (χ0) is 26.2. The van der Waals surface area contributed by atoms with Crippen LogP contribution < -0.4 is 10.2 Å². The predicted molar refractivity (Wildman–Crippen MR) is 130 cm³/mol. The van der Waals surface area contributed by atoms with E-state index in [1.165, 1.54) is 12.1 Å². The van der Waals surface area contributed by atoms with Crippen LogP contribution in [0.4, 0.5) is 29.2 Å². The number of nitrogens with one attached hydrogen (secondary N) is 1. The van der Waals surface area contributed by atoms with E-state index in [1.807, 2.05) is 0 Å². The van der Waals surface area contributed by atoms with Gasteiger partial charge in [0, 0.05) is 50.3 Å². The van der Waals surface area contributed by atoms with Gasteiger partial charge in [-0.15, -0.1) is 0 Å². The van der Waals surface area contributed by atoms with Crippen molar-refractivity contribution in [1.29, 1.82) is 0 Å². The van der Waals surface area contributed by atoms with Crippen LogP contribution in [0.1, 0.15) is 5.56 Å². The molecule has 0 unspecified atom stereocenters. The van der Waals surface area contributed by atoms with Crippen molar-refractivity contribution in [3.8, 4) is 11.3 Å². The highest BCUT2D eigenvalue weighted by molar-refractivity contribution is 6.33. The Hall–Kier alpha value is -3.93. The van der Waals surface area contributed by atoms with Crippen LogP contribution in [-0.4, -0.2) is 62.9 Å². The Labute approximate surface area is 213 Å². The van der Waals surface area contributed by atoms with E-state index < -0.39 is 11.7 Å². The van der Waals surface area contributed by atoms with E-state index in [0.29, 0.717) is 48.9 Å². The van der Waals surface area contributed by atoms with Crippen molar-refractivity contribution in [3.63, 3.8) is 0 Å². The number of pyridine rings is 1. The summed E-state index contributed by atoms with van der Waals surface area (Å²) in [5.74, 6) is 0.283. The second kappa shape index (κ2) is 9.85. The number of alkyl halides is 3. The molecule has 8 nitrogen and oxygen atoms in total. The molecule has 0 saturated carbocycles. The van der Waals surface area contributed by atoms with Crippen molar-refractivity contribution in [3.05, 3.63) is 71.5 Å². The minimum Gasteiger partial charge on any atom is -0.360 e. The van der Waals surface area contributed by atoms with Crippen LogP contribution in [0.15, 0.2) is 55.1 Å². The Bertz CT molecular complexity index is 1430. The van der Waals surface area contributed by atoms with Gasteiger partial charge in [0.25, 0.3) is 0 Å². The number of halogens is 5. The number of fused-ring (bicyclic) bond motifs is 1. The third-order valence-electron chi connectivity index (χ3n) is 6.04. The first-order valence-corrected chi connectivity index (χ1v) is 11.7. The van der Waals surface area contributed by atoms with Crippen LogP contribution in [-0.2, 0) is 11.0 Å². The van der Waals surface area contributed by atoms with E-state index in [1.54, 1.807) is 44.9 Å². The summed E-state index contributed by atoms with van der Waals surface area (Å²) < 4.78 is 53.9. The van der Waals surface area contributed by atoms with E-state index in [-0.39, 0.29) is 29.1 Å². The van der Waals surface area contributed by atoms with Crippen molar-refractivity contribution in [2.24, 2.45) is 0 Å². The molecular weight excluding hydrogens is 514 g/mol. The molecule has 37 heavy (non-hydrogen) atoms. The summed E-state index contributed by atoms with van der Waals surface area (Å²) in [7, 11) is 0. The quantitative estimate of drug-likeness (QED) is 0.384. The van der Waals surface area contributed by atoms with Gasteiger partial charge in [-0.1, -0.05) is 11.6 Å². The number of anilines is 2. The van der Waals surface area contributed by atoms with Gasteiger partial charge in [-0.3, -0.25) is 14.2 Å². The second-order valence-corrected chi connectivity index (χ2v) is 8.78. The Kier molecular flexibility index (Phi) is 6.59. The third kappa shape index (κ3) is 5.15. The molecule has 0 aliphatic carbocycles. The lowest BCUT2D eigenvalue weighted by atomic mass is 10.1. The van der Waals surface area contributed by atoms with Crippen LogP contribution >= 0.6 is 11.6 Å². The van der Waals surface area contributed by atoms with Crippen molar-refractivity contribution < 1.29 is 22.4 Å². The van der Waals surface area contributed by atoms with E-state index >= 15 is 0 Å². The Morgan fingerprint density at radius 3 is 2.49 bits per heavy atom. The largest absolute Gasteiger partial charge is 0.417 e. The molecule has 0 spiro atoms. The predicted octanol–water partition coefficient (Wildman–Crippen LogP) is 4.36. The molecule has 1 N–H and O–H groups in total. The number of benzene rings is 1. The normalized spacial score (nSPS) is 14.3. The summed E-state index contributed by atoms with van der Waals surface area (Å²) in [6, 6.07) is 6.75. The van der Waals surface area contributed by atoms with Gasteiger partial charge in [0.15, 0.2) is 5.65 Å². The number of hydrogen-bond donors (Lipinski definition) is 1. The SMILES string of the molecule is O=C(CNc1c(-c2ccc(F)cc2)nc2cnccn12)N1CCN(c2ncc(C(F)(F)F)cc2Cl)CC1. The molecule has 0 atom stereocenters. The first kappa shape index (κ1) is 24.8. The monoisotopic (exact) mass is 533 g/mol. The van der Waals surface area contributed by atoms with E-state index in [4.69, 9.17) is 11.6 Å². The van der Waals surface area contributed by atoms with E-state index in [0.717, 1.165) is 12.3 Å². The van der Waals surface area contributed by atoms with Gasteiger partial charge in [-0.2, -0.15) is 13.2 Å². The van der Waals surface area contributed by atoms with Gasteiger partial charge in [0.05, 0.1) is 23.3 Å². The zero-order valence-corrected chi connectivity index (χ0v) is 20.0. The average Bonchev–Trinajstić information content (AvgIpc) is 3.26.